The fourth-order valence-electron chi connectivity index (χ4n) is 2.86. The molecule has 0 fully saturated rings. The van der Waals surface area contributed by atoms with Gasteiger partial charge in [0.1, 0.15) is 12.4 Å². The lowest BCUT2D eigenvalue weighted by Gasteiger charge is -2.06. The summed E-state index contributed by atoms with van der Waals surface area (Å²) in [6.07, 6.45) is 9.53. The number of benzene rings is 2. The Labute approximate surface area is 167 Å². The van der Waals surface area contributed by atoms with Crippen LogP contribution < -0.4 is 4.74 Å². The molecular weight excluding hydrogens is 344 g/mol. The Morgan fingerprint density at radius 3 is 2.18 bits per heavy atom. The monoisotopic (exact) mass is 368 g/mol. The van der Waals surface area contributed by atoms with Crippen molar-refractivity contribution in [3.8, 4) is 34.2 Å². The molecule has 0 amide bonds. The maximum Gasteiger partial charge on any atom is 0.138 e. The second-order valence-electron chi connectivity index (χ2n) is 6.57. The molecule has 3 nitrogen and oxygen atoms in total. The Hall–Kier alpha value is -3.38. The van der Waals surface area contributed by atoms with Crippen LogP contribution in [0.3, 0.4) is 0 Å². The summed E-state index contributed by atoms with van der Waals surface area (Å²) in [6, 6.07) is 22.0. The number of aromatic nitrogens is 1. The van der Waals surface area contributed by atoms with Crippen molar-refractivity contribution >= 4 is 0 Å². The smallest absolute Gasteiger partial charge is 0.138 e. The first-order chi connectivity index (χ1) is 13.8. The maximum atomic E-state index is 8.90. The molecule has 0 bridgehead atoms. The van der Waals surface area contributed by atoms with Crippen LogP contribution in [0.4, 0.5) is 0 Å². The first-order valence-corrected chi connectivity index (χ1v) is 9.65. The van der Waals surface area contributed by atoms with Crippen LogP contribution >= 0.6 is 0 Å². The van der Waals surface area contributed by atoms with E-state index < -0.39 is 0 Å². The molecule has 0 saturated carbocycles. The summed E-state index contributed by atoms with van der Waals surface area (Å²) in [4.78, 5) is 4.52. The van der Waals surface area contributed by atoms with Gasteiger partial charge in [-0.05, 0) is 41.8 Å². The van der Waals surface area contributed by atoms with Gasteiger partial charge in [0.2, 0.25) is 0 Å². The minimum atomic E-state index is 0.573. The fraction of sp³-hybridized carbons (Fsp3) is 0.200. The van der Waals surface area contributed by atoms with E-state index in [-0.39, 0.29) is 0 Å². The van der Waals surface area contributed by atoms with Gasteiger partial charge >= 0.3 is 0 Å². The number of ether oxygens (including phenoxy) is 1. The highest BCUT2D eigenvalue weighted by Crippen LogP contribution is 2.25. The number of nitrogens with zero attached hydrogens (tertiary/aromatic N) is 2. The highest BCUT2D eigenvalue weighted by molar-refractivity contribution is 5.69. The average Bonchev–Trinajstić information content (AvgIpc) is 2.77. The zero-order chi connectivity index (χ0) is 19.6. The lowest BCUT2D eigenvalue weighted by molar-refractivity contribution is 0.361. The molecule has 28 heavy (non-hydrogen) atoms. The van der Waals surface area contributed by atoms with Gasteiger partial charge in [-0.3, -0.25) is 4.98 Å². The quantitative estimate of drug-likeness (QED) is 0.341. The number of nitriles is 1. The first-order valence-electron chi connectivity index (χ1n) is 9.65. The summed E-state index contributed by atoms with van der Waals surface area (Å²) < 4.78 is 5.70. The van der Waals surface area contributed by atoms with Crippen LogP contribution in [0.25, 0.3) is 22.4 Å². The topological polar surface area (TPSA) is 45.9 Å². The van der Waals surface area contributed by atoms with Crippen molar-refractivity contribution in [3.05, 3.63) is 84.6 Å². The highest BCUT2D eigenvalue weighted by Gasteiger charge is 2.03. The third-order valence-corrected chi connectivity index (χ3v) is 4.50. The molecule has 3 heteroatoms. The Bertz CT molecular complexity index is 934. The van der Waals surface area contributed by atoms with Crippen molar-refractivity contribution in [1.82, 2.24) is 4.98 Å². The summed E-state index contributed by atoms with van der Waals surface area (Å²) in [5, 5.41) is 8.90. The number of hydrogen-bond acceptors (Lipinski definition) is 3. The molecule has 0 atom stereocenters. The van der Waals surface area contributed by atoms with Crippen molar-refractivity contribution in [3.63, 3.8) is 0 Å². The molecule has 1 aromatic heterocycles. The van der Waals surface area contributed by atoms with Gasteiger partial charge in [-0.25, -0.2) is 0 Å². The van der Waals surface area contributed by atoms with E-state index in [9.17, 15) is 0 Å². The summed E-state index contributed by atoms with van der Waals surface area (Å²) in [7, 11) is 0. The van der Waals surface area contributed by atoms with E-state index in [1.165, 1.54) is 12.8 Å². The number of hydrogen-bond donors (Lipinski definition) is 0. The minimum Gasteiger partial charge on any atom is -0.488 e. The predicted molar refractivity (Wildman–Crippen MR) is 114 cm³/mol. The number of unbranched alkanes of at least 4 members (excludes halogenated alkanes) is 2. The van der Waals surface area contributed by atoms with Crippen LogP contribution in [0, 0.1) is 11.3 Å². The normalized spacial score (nSPS) is 10.7. The van der Waals surface area contributed by atoms with E-state index >= 15 is 0 Å². The van der Waals surface area contributed by atoms with Gasteiger partial charge < -0.3 is 4.74 Å². The molecule has 0 unspecified atom stereocenters. The first kappa shape index (κ1) is 19.4. The van der Waals surface area contributed by atoms with Gasteiger partial charge in [-0.15, -0.1) is 0 Å². The molecule has 0 aliphatic rings. The Balaban J connectivity index is 1.60. The molecule has 0 radical (unpaired) electrons. The lowest BCUT2D eigenvalue weighted by Crippen LogP contribution is -1.94. The summed E-state index contributed by atoms with van der Waals surface area (Å²) in [6.45, 7) is 2.77. The second kappa shape index (κ2) is 10.1. The molecular formula is C25H24N2O. The fourth-order valence-corrected chi connectivity index (χ4v) is 2.86. The summed E-state index contributed by atoms with van der Waals surface area (Å²) in [5.41, 5.74) is 4.85. The van der Waals surface area contributed by atoms with Crippen molar-refractivity contribution in [2.45, 2.75) is 26.2 Å². The van der Waals surface area contributed by atoms with Crippen LogP contribution in [0.1, 0.15) is 31.7 Å². The molecule has 0 saturated heterocycles. The molecule has 140 valence electrons. The van der Waals surface area contributed by atoms with Gasteiger partial charge in [-0.2, -0.15) is 5.26 Å². The Morgan fingerprint density at radius 2 is 1.57 bits per heavy atom. The Kier molecular flexibility index (Phi) is 6.98. The van der Waals surface area contributed by atoms with Gasteiger partial charge in [0.25, 0.3) is 0 Å². The van der Waals surface area contributed by atoms with Gasteiger partial charge in [-0.1, -0.05) is 68.3 Å². The van der Waals surface area contributed by atoms with Crippen LogP contribution in [0.5, 0.6) is 5.75 Å². The van der Waals surface area contributed by atoms with Gasteiger partial charge in [0.05, 0.1) is 23.5 Å². The number of allylic oxidation sites excluding steroid dienone is 1. The summed E-state index contributed by atoms with van der Waals surface area (Å²) >= 11 is 0. The average molecular weight is 368 g/mol. The highest BCUT2D eigenvalue weighted by atomic mass is 16.5. The van der Waals surface area contributed by atoms with Gasteiger partial charge in [0.15, 0.2) is 0 Å². The van der Waals surface area contributed by atoms with Crippen LogP contribution in [-0.2, 0) is 0 Å². The van der Waals surface area contributed by atoms with Crippen LogP contribution in [0.2, 0.25) is 0 Å². The number of rotatable bonds is 8. The van der Waals surface area contributed by atoms with E-state index in [0.29, 0.717) is 12.2 Å². The van der Waals surface area contributed by atoms with Crippen molar-refractivity contribution in [2.75, 3.05) is 6.61 Å². The molecule has 0 spiro atoms. The zero-order valence-electron chi connectivity index (χ0n) is 16.1. The lowest BCUT2D eigenvalue weighted by atomic mass is 10.0. The zero-order valence-corrected chi connectivity index (χ0v) is 16.1. The van der Waals surface area contributed by atoms with E-state index in [2.05, 4.69) is 54.4 Å². The maximum absolute atomic E-state index is 8.90. The van der Waals surface area contributed by atoms with E-state index in [4.69, 9.17) is 10.00 Å². The molecule has 1 heterocycles. The predicted octanol–water partition coefficient (Wildman–Crippen LogP) is 6.41. The second-order valence-corrected chi connectivity index (χ2v) is 6.57. The van der Waals surface area contributed by atoms with Crippen LogP contribution in [0.15, 0.2) is 79.0 Å². The third kappa shape index (κ3) is 5.31. The van der Waals surface area contributed by atoms with E-state index in [1.807, 2.05) is 36.4 Å². The molecule has 2 aromatic carbocycles. The third-order valence-electron chi connectivity index (χ3n) is 4.50. The minimum absolute atomic E-state index is 0.573. The Morgan fingerprint density at radius 1 is 0.893 bits per heavy atom. The van der Waals surface area contributed by atoms with E-state index in [1.54, 1.807) is 6.20 Å². The standard InChI is InChI=1S/C25H24N2O/c1-2-3-4-5-6-17-28-24-15-16-25(27-19-24)23-13-11-22(12-14-23)21-9-7-20(18-26)8-10-21/h5-16,19H,2-4,17H2,1H3/b6-5+. The molecule has 3 aromatic rings. The summed E-state index contributed by atoms with van der Waals surface area (Å²) in [5.74, 6) is 0.776. The van der Waals surface area contributed by atoms with Crippen molar-refractivity contribution < 1.29 is 4.74 Å². The van der Waals surface area contributed by atoms with E-state index in [0.717, 1.165) is 34.6 Å². The van der Waals surface area contributed by atoms with Crippen molar-refractivity contribution in [1.29, 1.82) is 5.26 Å². The molecule has 0 N–H and O–H groups in total. The number of pyridine rings is 1. The SMILES string of the molecule is CCCC/C=C/COc1ccc(-c2ccc(-c3ccc(C#N)cc3)cc2)nc1. The van der Waals surface area contributed by atoms with Crippen molar-refractivity contribution in [2.24, 2.45) is 0 Å². The molecule has 0 aliphatic carbocycles. The molecule has 3 rings (SSSR count). The molecule has 0 aliphatic heterocycles. The largest absolute Gasteiger partial charge is 0.488 e. The van der Waals surface area contributed by atoms with Crippen LogP contribution in [-0.4, -0.2) is 11.6 Å². The van der Waals surface area contributed by atoms with Gasteiger partial charge in [0, 0.05) is 5.56 Å².